The fourth-order valence-electron chi connectivity index (χ4n) is 2.01. The maximum Gasteiger partial charge on any atom is 0.188 e. The van der Waals surface area contributed by atoms with E-state index in [1.54, 1.807) is 24.3 Å². The number of carbonyl (C=O) groups is 1. The average Bonchev–Trinajstić information content (AvgIpc) is 2.49. The number of rotatable bonds is 4. The van der Waals surface area contributed by atoms with Gasteiger partial charge in [0.15, 0.2) is 5.78 Å². The number of hydrogen-bond acceptors (Lipinski definition) is 3. The van der Waals surface area contributed by atoms with Crippen LogP contribution in [0.1, 0.15) is 21.8 Å². The van der Waals surface area contributed by atoms with Crippen LogP contribution < -0.4 is 4.74 Å². The van der Waals surface area contributed by atoms with E-state index in [4.69, 9.17) is 4.74 Å². The summed E-state index contributed by atoms with van der Waals surface area (Å²) in [4.78, 5) is 12.4. The Morgan fingerprint density at radius 3 is 2.57 bits per heavy atom. The summed E-state index contributed by atoms with van der Waals surface area (Å²) in [7, 11) is 1.39. The van der Waals surface area contributed by atoms with Crippen LogP contribution in [-0.2, 0) is 0 Å². The van der Waals surface area contributed by atoms with Gasteiger partial charge in [-0.1, -0.05) is 18.2 Å². The topological polar surface area (TPSA) is 50.1 Å². The van der Waals surface area contributed by atoms with Crippen LogP contribution in [0.4, 0.5) is 8.78 Å². The van der Waals surface area contributed by atoms with Gasteiger partial charge in [-0.05, 0) is 18.2 Å². The fraction of sp³-hybridized carbons (Fsp3) is 0.125. The Morgan fingerprint density at radius 2 is 1.95 bits per heavy atom. The quantitative estimate of drug-likeness (QED) is 0.809. The zero-order valence-electron chi connectivity index (χ0n) is 11.1. The third-order valence-electron chi connectivity index (χ3n) is 3.04. The van der Waals surface area contributed by atoms with Crippen molar-refractivity contribution in [2.24, 2.45) is 0 Å². The number of nitriles is 1. The molecule has 3 nitrogen and oxygen atoms in total. The van der Waals surface area contributed by atoms with Crippen LogP contribution in [0.3, 0.4) is 0 Å². The first-order valence-corrected chi connectivity index (χ1v) is 6.10. The van der Waals surface area contributed by atoms with Crippen molar-refractivity contribution in [2.75, 3.05) is 7.11 Å². The van der Waals surface area contributed by atoms with Crippen LogP contribution in [-0.4, -0.2) is 12.9 Å². The number of para-hydroxylation sites is 1. The van der Waals surface area contributed by atoms with Crippen LogP contribution in [0.2, 0.25) is 0 Å². The van der Waals surface area contributed by atoms with Gasteiger partial charge in [0, 0.05) is 11.6 Å². The second-order valence-corrected chi connectivity index (χ2v) is 4.29. The lowest BCUT2D eigenvalue weighted by Gasteiger charge is -2.12. The smallest absolute Gasteiger partial charge is 0.188 e. The predicted molar refractivity (Wildman–Crippen MR) is 72.0 cm³/mol. The molecule has 0 heterocycles. The first kappa shape index (κ1) is 14.7. The molecular weight excluding hydrogens is 276 g/mol. The lowest BCUT2D eigenvalue weighted by atomic mass is 9.91. The molecule has 2 rings (SSSR count). The molecule has 0 N–H and O–H groups in total. The molecule has 21 heavy (non-hydrogen) atoms. The van der Waals surface area contributed by atoms with Gasteiger partial charge in [0.1, 0.15) is 23.3 Å². The summed E-state index contributed by atoms with van der Waals surface area (Å²) in [6.07, 6.45) is 0. The number of carbonyl (C=O) groups excluding carboxylic acids is 1. The highest BCUT2D eigenvalue weighted by molar-refractivity contribution is 6.04. The zero-order chi connectivity index (χ0) is 15.4. The van der Waals surface area contributed by atoms with Crippen molar-refractivity contribution in [3.63, 3.8) is 0 Å². The maximum absolute atomic E-state index is 13.8. The van der Waals surface area contributed by atoms with Crippen molar-refractivity contribution >= 4 is 5.78 Å². The molecule has 0 bridgehead atoms. The molecule has 106 valence electrons. The first-order chi connectivity index (χ1) is 10.1. The molecule has 0 amide bonds. The van der Waals surface area contributed by atoms with Crippen LogP contribution in [0.25, 0.3) is 0 Å². The molecule has 1 atom stereocenters. The molecule has 0 fully saturated rings. The number of ether oxygens (including phenoxy) is 1. The van der Waals surface area contributed by atoms with Gasteiger partial charge in [-0.25, -0.2) is 8.78 Å². The number of hydrogen-bond donors (Lipinski definition) is 0. The molecule has 0 radical (unpaired) electrons. The van der Waals surface area contributed by atoms with Crippen LogP contribution in [0.5, 0.6) is 5.75 Å². The number of benzene rings is 2. The highest BCUT2D eigenvalue weighted by atomic mass is 19.1. The van der Waals surface area contributed by atoms with Crippen molar-refractivity contribution < 1.29 is 18.3 Å². The van der Waals surface area contributed by atoms with E-state index in [2.05, 4.69) is 0 Å². The molecular formula is C16H11F2NO2. The minimum atomic E-state index is -1.36. The number of nitrogens with zero attached hydrogens (tertiary/aromatic N) is 1. The van der Waals surface area contributed by atoms with E-state index in [9.17, 15) is 18.8 Å². The first-order valence-electron chi connectivity index (χ1n) is 6.10. The maximum atomic E-state index is 13.8. The Labute approximate surface area is 120 Å². The number of methoxy groups -OCH3 is 1. The Balaban J connectivity index is 2.47. The second-order valence-electron chi connectivity index (χ2n) is 4.29. The summed E-state index contributed by atoms with van der Waals surface area (Å²) in [6.45, 7) is 0. The molecule has 0 aliphatic heterocycles. The highest BCUT2D eigenvalue weighted by Crippen LogP contribution is 2.27. The Kier molecular flexibility index (Phi) is 4.29. The van der Waals surface area contributed by atoms with Crippen molar-refractivity contribution in [1.29, 1.82) is 5.26 Å². The number of ketones is 1. The summed E-state index contributed by atoms with van der Waals surface area (Å²) >= 11 is 0. The normalized spacial score (nSPS) is 11.5. The van der Waals surface area contributed by atoms with Crippen LogP contribution >= 0.6 is 0 Å². The molecule has 0 spiro atoms. The van der Waals surface area contributed by atoms with E-state index >= 15 is 0 Å². The molecule has 1 unspecified atom stereocenters. The van der Waals surface area contributed by atoms with Crippen LogP contribution in [0.15, 0.2) is 42.5 Å². The van der Waals surface area contributed by atoms with Crippen molar-refractivity contribution in [1.82, 2.24) is 0 Å². The number of Topliss-reactive ketones (excluding diaryl/α,β-unsaturated/α-hetero) is 1. The van der Waals surface area contributed by atoms with E-state index in [1.807, 2.05) is 0 Å². The third kappa shape index (κ3) is 2.90. The summed E-state index contributed by atoms with van der Waals surface area (Å²) < 4.78 is 31.8. The van der Waals surface area contributed by atoms with Crippen molar-refractivity contribution in [3.8, 4) is 11.8 Å². The van der Waals surface area contributed by atoms with Gasteiger partial charge >= 0.3 is 0 Å². The molecule has 0 aliphatic rings. The van der Waals surface area contributed by atoms with Gasteiger partial charge in [0.05, 0.1) is 18.7 Å². The second kappa shape index (κ2) is 6.14. The Bertz CT molecular complexity index is 722. The fourth-order valence-corrected chi connectivity index (χ4v) is 2.01. The monoisotopic (exact) mass is 287 g/mol. The SMILES string of the molecule is COc1ccccc1C(=O)C(C#N)c1ccc(F)cc1F. The zero-order valence-corrected chi connectivity index (χ0v) is 11.1. The Morgan fingerprint density at radius 1 is 1.24 bits per heavy atom. The summed E-state index contributed by atoms with van der Waals surface area (Å²) in [5.74, 6) is -3.35. The summed E-state index contributed by atoms with van der Waals surface area (Å²) in [5, 5.41) is 9.20. The average molecular weight is 287 g/mol. The molecule has 0 aliphatic carbocycles. The van der Waals surface area contributed by atoms with Gasteiger partial charge in [-0.15, -0.1) is 0 Å². The molecule has 2 aromatic carbocycles. The van der Waals surface area contributed by atoms with Crippen molar-refractivity contribution in [2.45, 2.75) is 5.92 Å². The Hall–Kier alpha value is -2.74. The summed E-state index contributed by atoms with van der Waals surface area (Å²) in [6, 6.07) is 10.9. The third-order valence-corrected chi connectivity index (χ3v) is 3.04. The molecule has 0 saturated carbocycles. The lowest BCUT2D eigenvalue weighted by molar-refractivity contribution is 0.0974. The van der Waals surface area contributed by atoms with Crippen LogP contribution in [0, 0.1) is 23.0 Å². The standard InChI is InChI=1S/C16H11F2NO2/c1-21-15-5-3-2-4-12(15)16(20)13(9-19)11-7-6-10(17)8-14(11)18/h2-8,13H,1H3. The highest BCUT2D eigenvalue weighted by Gasteiger charge is 2.26. The minimum absolute atomic E-state index is 0.158. The molecule has 2 aromatic rings. The van der Waals surface area contributed by atoms with Crippen molar-refractivity contribution in [3.05, 3.63) is 65.2 Å². The van der Waals surface area contributed by atoms with E-state index in [1.165, 1.54) is 13.2 Å². The summed E-state index contributed by atoms with van der Waals surface area (Å²) in [5.41, 5.74) is 0.0186. The molecule has 5 heteroatoms. The minimum Gasteiger partial charge on any atom is -0.496 e. The predicted octanol–water partition coefficient (Wildman–Crippen LogP) is 3.46. The number of halogens is 2. The van der Waals surface area contributed by atoms with Gasteiger partial charge < -0.3 is 4.74 Å². The van der Waals surface area contributed by atoms with E-state index in [0.29, 0.717) is 11.8 Å². The molecule has 0 saturated heterocycles. The van der Waals surface area contributed by atoms with E-state index in [0.717, 1.165) is 12.1 Å². The van der Waals surface area contributed by atoms with E-state index in [-0.39, 0.29) is 11.1 Å². The van der Waals surface area contributed by atoms with Gasteiger partial charge in [-0.2, -0.15) is 5.26 Å². The van der Waals surface area contributed by atoms with Gasteiger partial charge in [-0.3, -0.25) is 4.79 Å². The molecule has 0 aromatic heterocycles. The van der Waals surface area contributed by atoms with Gasteiger partial charge in [0.25, 0.3) is 0 Å². The van der Waals surface area contributed by atoms with E-state index < -0.39 is 23.3 Å². The van der Waals surface area contributed by atoms with Gasteiger partial charge in [0.2, 0.25) is 0 Å². The lowest BCUT2D eigenvalue weighted by Crippen LogP contribution is -2.14. The largest absolute Gasteiger partial charge is 0.496 e.